The molecule has 0 atom stereocenters. The van der Waals surface area contributed by atoms with Crippen LogP contribution in [-0.4, -0.2) is 32.4 Å². The zero-order chi connectivity index (χ0) is 14.8. The maximum Gasteiger partial charge on any atom is 0.246 e. The second-order valence-corrected chi connectivity index (χ2v) is 6.85. The van der Waals surface area contributed by atoms with Crippen LogP contribution in [0.3, 0.4) is 0 Å². The van der Waals surface area contributed by atoms with Crippen molar-refractivity contribution in [1.82, 2.24) is 9.62 Å². The van der Waals surface area contributed by atoms with E-state index in [1.165, 1.54) is 4.31 Å². The van der Waals surface area contributed by atoms with Crippen molar-refractivity contribution in [2.75, 3.05) is 13.6 Å². The summed E-state index contributed by atoms with van der Waals surface area (Å²) < 4.78 is 32.1. The monoisotopic (exact) mass is 288 g/mol. The van der Waals surface area contributed by atoms with Gasteiger partial charge >= 0.3 is 0 Å². The Kier molecular flexibility index (Phi) is 5.18. The molecular formula is C13H24N2O3S. The van der Waals surface area contributed by atoms with Gasteiger partial charge in [0, 0.05) is 25.2 Å². The fraction of sp³-hybridized carbons (Fsp3) is 0.692. The lowest BCUT2D eigenvalue weighted by molar-refractivity contribution is 0.408. The molecular weight excluding hydrogens is 264 g/mol. The maximum absolute atomic E-state index is 12.6. The molecule has 1 heterocycles. The fourth-order valence-electron chi connectivity index (χ4n) is 1.92. The van der Waals surface area contributed by atoms with E-state index in [9.17, 15) is 8.42 Å². The van der Waals surface area contributed by atoms with E-state index in [0.717, 1.165) is 12.1 Å². The first-order valence-corrected chi connectivity index (χ1v) is 7.95. The summed E-state index contributed by atoms with van der Waals surface area (Å²) in [5.74, 6) is 1.12. The van der Waals surface area contributed by atoms with Gasteiger partial charge in [-0.3, -0.25) is 0 Å². The first-order valence-electron chi connectivity index (χ1n) is 6.51. The normalized spacial score (nSPS) is 12.6. The van der Waals surface area contributed by atoms with E-state index in [1.54, 1.807) is 20.9 Å². The molecule has 0 fully saturated rings. The summed E-state index contributed by atoms with van der Waals surface area (Å²) in [6, 6.07) is -0.0911. The van der Waals surface area contributed by atoms with E-state index in [1.807, 2.05) is 20.8 Å². The summed E-state index contributed by atoms with van der Waals surface area (Å²) in [5.41, 5.74) is 0.729. The molecule has 0 unspecified atom stereocenters. The van der Waals surface area contributed by atoms with Crippen molar-refractivity contribution in [1.29, 1.82) is 0 Å². The van der Waals surface area contributed by atoms with Crippen LogP contribution in [0.2, 0.25) is 0 Å². The average molecular weight is 288 g/mol. The fourth-order valence-corrected chi connectivity index (χ4v) is 3.70. The van der Waals surface area contributed by atoms with Crippen LogP contribution in [0.4, 0.5) is 0 Å². The zero-order valence-corrected chi connectivity index (χ0v) is 13.4. The lowest BCUT2D eigenvalue weighted by atomic mass is 10.2. The van der Waals surface area contributed by atoms with Crippen molar-refractivity contribution in [3.05, 3.63) is 17.1 Å². The largest absolute Gasteiger partial charge is 0.465 e. The van der Waals surface area contributed by atoms with Gasteiger partial charge in [-0.05, 0) is 34.2 Å². The van der Waals surface area contributed by atoms with Gasteiger partial charge in [-0.2, -0.15) is 4.31 Å². The molecule has 0 aliphatic heterocycles. The van der Waals surface area contributed by atoms with Crippen molar-refractivity contribution in [2.24, 2.45) is 0 Å². The quantitative estimate of drug-likeness (QED) is 0.870. The SMILES string of the molecule is CCNCc1c(C)oc(C)c1S(=O)(=O)N(C)C(C)C. The highest BCUT2D eigenvalue weighted by atomic mass is 32.2. The Balaban J connectivity index is 3.33. The minimum absolute atomic E-state index is 0.0911. The molecule has 0 spiro atoms. The van der Waals surface area contributed by atoms with E-state index in [2.05, 4.69) is 5.32 Å². The molecule has 0 saturated carbocycles. The standard InChI is InChI=1S/C13H24N2O3S/c1-7-14-8-12-10(4)18-11(5)13(12)19(16,17)15(6)9(2)3/h9,14H,7-8H2,1-6H3. The summed E-state index contributed by atoms with van der Waals surface area (Å²) in [6.07, 6.45) is 0. The van der Waals surface area contributed by atoms with Crippen molar-refractivity contribution in [3.8, 4) is 0 Å². The Morgan fingerprint density at radius 3 is 2.32 bits per heavy atom. The number of aryl methyl sites for hydroxylation is 2. The van der Waals surface area contributed by atoms with Crippen molar-refractivity contribution in [2.45, 2.75) is 52.1 Å². The molecule has 0 saturated heterocycles. The summed E-state index contributed by atoms with van der Waals surface area (Å²) in [6.45, 7) is 10.5. The van der Waals surface area contributed by atoms with Crippen LogP contribution >= 0.6 is 0 Å². The molecule has 0 aromatic carbocycles. The predicted molar refractivity (Wildman–Crippen MR) is 75.6 cm³/mol. The van der Waals surface area contributed by atoms with Crippen molar-refractivity contribution in [3.63, 3.8) is 0 Å². The Morgan fingerprint density at radius 1 is 1.26 bits per heavy atom. The molecule has 0 aliphatic rings. The van der Waals surface area contributed by atoms with Gasteiger partial charge in [0.2, 0.25) is 10.0 Å². The van der Waals surface area contributed by atoms with Crippen molar-refractivity contribution < 1.29 is 12.8 Å². The van der Waals surface area contributed by atoms with Crippen molar-refractivity contribution >= 4 is 10.0 Å². The van der Waals surface area contributed by atoms with Gasteiger partial charge in [0.05, 0.1) is 0 Å². The molecule has 1 N–H and O–H groups in total. The maximum atomic E-state index is 12.6. The Labute approximate surface area is 116 Å². The zero-order valence-electron chi connectivity index (χ0n) is 12.6. The number of furan rings is 1. The van der Waals surface area contributed by atoms with Crippen LogP contribution in [0, 0.1) is 13.8 Å². The van der Waals surface area contributed by atoms with Gasteiger partial charge in [-0.1, -0.05) is 6.92 Å². The third-order valence-electron chi connectivity index (χ3n) is 3.24. The van der Waals surface area contributed by atoms with Crippen LogP contribution in [0.25, 0.3) is 0 Å². The number of rotatable bonds is 6. The average Bonchev–Trinajstić information content (AvgIpc) is 2.60. The molecule has 19 heavy (non-hydrogen) atoms. The van der Waals surface area contributed by atoms with E-state index in [0.29, 0.717) is 23.0 Å². The van der Waals surface area contributed by atoms with Crippen LogP contribution in [0.1, 0.15) is 37.9 Å². The second-order valence-electron chi connectivity index (χ2n) is 4.92. The Bertz CT molecular complexity index is 532. The third kappa shape index (κ3) is 3.19. The third-order valence-corrected chi connectivity index (χ3v) is 5.47. The second kappa shape index (κ2) is 6.07. The summed E-state index contributed by atoms with van der Waals surface area (Å²) in [5, 5.41) is 3.16. The first kappa shape index (κ1) is 16.2. The van der Waals surface area contributed by atoms with Gasteiger partial charge < -0.3 is 9.73 Å². The van der Waals surface area contributed by atoms with Crippen LogP contribution < -0.4 is 5.32 Å². The van der Waals surface area contributed by atoms with Gasteiger partial charge in [0.15, 0.2) is 0 Å². The minimum Gasteiger partial charge on any atom is -0.465 e. The van der Waals surface area contributed by atoms with E-state index in [4.69, 9.17) is 4.42 Å². The highest BCUT2D eigenvalue weighted by molar-refractivity contribution is 7.89. The minimum atomic E-state index is -3.51. The lowest BCUT2D eigenvalue weighted by Crippen LogP contribution is -2.34. The molecule has 0 radical (unpaired) electrons. The summed E-state index contributed by atoms with van der Waals surface area (Å²) in [7, 11) is -1.91. The van der Waals surface area contributed by atoms with Crippen LogP contribution in [0.15, 0.2) is 9.31 Å². The van der Waals surface area contributed by atoms with Crippen LogP contribution in [-0.2, 0) is 16.6 Å². The topological polar surface area (TPSA) is 62.6 Å². The number of sulfonamides is 1. The molecule has 110 valence electrons. The highest BCUT2D eigenvalue weighted by Gasteiger charge is 2.31. The summed E-state index contributed by atoms with van der Waals surface area (Å²) in [4.78, 5) is 0.308. The molecule has 0 bridgehead atoms. The van der Waals surface area contributed by atoms with E-state index >= 15 is 0 Å². The number of nitrogens with zero attached hydrogens (tertiary/aromatic N) is 1. The number of nitrogens with one attached hydrogen (secondary N) is 1. The molecule has 0 amide bonds. The molecule has 1 aromatic rings. The van der Waals surface area contributed by atoms with Crippen LogP contribution in [0.5, 0.6) is 0 Å². The summed E-state index contributed by atoms with van der Waals surface area (Å²) >= 11 is 0. The Hall–Kier alpha value is -0.850. The number of hydrogen-bond acceptors (Lipinski definition) is 4. The Morgan fingerprint density at radius 2 is 1.84 bits per heavy atom. The highest BCUT2D eigenvalue weighted by Crippen LogP contribution is 2.29. The van der Waals surface area contributed by atoms with Gasteiger partial charge in [0.1, 0.15) is 16.4 Å². The molecule has 6 heteroatoms. The first-order chi connectivity index (χ1) is 8.73. The van der Waals surface area contributed by atoms with Gasteiger partial charge in [-0.25, -0.2) is 8.42 Å². The van der Waals surface area contributed by atoms with Gasteiger partial charge in [-0.15, -0.1) is 0 Å². The van der Waals surface area contributed by atoms with Gasteiger partial charge in [0.25, 0.3) is 0 Å². The molecule has 1 aromatic heterocycles. The van der Waals surface area contributed by atoms with E-state index < -0.39 is 10.0 Å². The smallest absolute Gasteiger partial charge is 0.246 e. The lowest BCUT2D eigenvalue weighted by Gasteiger charge is -2.21. The van der Waals surface area contributed by atoms with E-state index in [-0.39, 0.29) is 6.04 Å². The molecule has 5 nitrogen and oxygen atoms in total. The number of hydrogen-bond donors (Lipinski definition) is 1. The predicted octanol–water partition coefficient (Wildman–Crippen LogP) is 2.03. The molecule has 0 aliphatic carbocycles. The molecule has 1 rings (SSSR count).